The van der Waals surface area contributed by atoms with Crippen LogP contribution < -0.4 is 4.74 Å². The zero-order valence-electron chi connectivity index (χ0n) is 12.6. The number of benzene rings is 1. The van der Waals surface area contributed by atoms with E-state index in [1.54, 1.807) is 0 Å². The average Bonchev–Trinajstić information content (AvgIpc) is 2.68. The Morgan fingerprint density at radius 3 is 3.05 bits per heavy atom. The second-order valence-electron chi connectivity index (χ2n) is 6.95. The Balaban J connectivity index is 1.96. The van der Waals surface area contributed by atoms with Crippen LogP contribution >= 0.6 is 0 Å². The lowest BCUT2D eigenvalue weighted by Gasteiger charge is -2.36. The highest BCUT2D eigenvalue weighted by Gasteiger charge is 2.51. The molecule has 1 aliphatic carbocycles. The van der Waals surface area contributed by atoms with E-state index in [2.05, 4.69) is 50.1 Å². The van der Waals surface area contributed by atoms with Crippen LogP contribution in [-0.2, 0) is 12.0 Å². The lowest BCUT2D eigenvalue weighted by atomic mass is 9.67. The first-order chi connectivity index (χ1) is 9.60. The molecule has 106 valence electrons. The molecule has 0 amide bonds. The molecule has 1 aromatic rings. The van der Waals surface area contributed by atoms with Crippen LogP contribution in [0.25, 0.3) is 0 Å². The van der Waals surface area contributed by atoms with Crippen molar-refractivity contribution in [2.75, 3.05) is 13.6 Å². The number of nitrogens with zero attached hydrogens (tertiary/aromatic N) is 1. The van der Waals surface area contributed by atoms with Gasteiger partial charge in [-0.1, -0.05) is 31.2 Å². The smallest absolute Gasteiger partial charge is 0.127 e. The first kappa shape index (κ1) is 12.5. The van der Waals surface area contributed by atoms with Gasteiger partial charge in [-0.05, 0) is 50.4 Å². The molecule has 0 saturated heterocycles. The Morgan fingerprint density at radius 1 is 1.35 bits per heavy atom. The Bertz CT molecular complexity index is 591. The first-order valence-electron chi connectivity index (χ1n) is 7.78. The van der Waals surface area contributed by atoms with Crippen LogP contribution in [0.2, 0.25) is 0 Å². The minimum atomic E-state index is 0.133. The van der Waals surface area contributed by atoms with E-state index in [1.165, 1.54) is 28.9 Å². The van der Waals surface area contributed by atoms with Crippen molar-refractivity contribution < 1.29 is 4.74 Å². The van der Waals surface area contributed by atoms with Crippen molar-refractivity contribution in [3.63, 3.8) is 0 Å². The molecule has 4 rings (SSSR count). The van der Waals surface area contributed by atoms with Crippen LogP contribution in [0.4, 0.5) is 0 Å². The van der Waals surface area contributed by atoms with Crippen molar-refractivity contribution in [1.29, 1.82) is 0 Å². The lowest BCUT2D eigenvalue weighted by Crippen LogP contribution is -2.41. The SMILES string of the molecule is Cc1ccc2c3c1OC1CC(C)C=CC31CCN(C)C2. The Labute approximate surface area is 121 Å². The number of allylic oxidation sites excluding steroid dienone is 1. The Kier molecular flexibility index (Phi) is 2.56. The standard InChI is InChI=1S/C18H23NO/c1-12-6-7-18-8-9-19(3)11-14-5-4-13(2)17(16(14)18)20-15(18)10-12/h4-7,12,15H,8-11H2,1-3H3. The minimum Gasteiger partial charge on any atom is -0.489 e. The summed E-state index contributed by atoms with van der Waals surface area (Å²) in [7, 11) is 2.23. The van der Waals surface area contributed by atoms with Gasteiger partial charge in [0.2, 0.25) is 0 Å². The van der Waals surface area contributed by atoms with Crippen LogP contribution in [0, 0.1) is 12.8 Å². The third-order valence-electron chi connectivity index (χ3n) is 5.40. The Hall–Kier alpha value is -1.28. The quantitative estimate of drug-likeness (QED) is 0.669. The van der Waals surface area contributed by atoms with E-state index >= 15 is 0 Å². The summed E-state index contributed by atoms with van der Waals surface area (Å²) in [5.41, 5.74) is 4.39. The summed E-state index contributed by atoms with van der Waals surface area (Å²) in [5, 5.41) is 0. The number of aryl methyl sites for hydroxylation is 1. The van der Waals surface area contributed by atoms with Crippen LogP contribution in [0.1, 0.15) is 36.5 Å². The van der Waals surface area contributed by atoms with Gasteiger partial charge in [-0.25, -0.2) is 0 Å². The molecule has 2 heteroatoms. The van der Waals surface area contributed by atoms with E-state index in [4.69, 9.17) is 4.74 Å². The van der Waals surface area contributed by atoms with Gasteiger partial charge in [-0.15, -0.1) is 0 Å². The molecule has 2 heterocycles. The van der Waals surface area contributed by atoms with Gasteiger partial charge in [0, 0.05) is 12.1 Å². The third kappa shape index (κ3) is 1.54. The topological polar surface area (TPSA) is 12.5 Å². The fourth-order valence-electron chi connectivity index (χ4n) is 4.25. The van der Waals surface area contributed by atoms with Crippen molar-refractivity contribution in [2.24, 2.45) is 5.92 Å². The zero-order chi connectivity index (χ0) is 13.9. The van der Waals surface area contributed by atoms with Crippen molar-refractivity contribution in [2.45, 2.75) is 44.8 Å². The summed E-state index contributed by atoms with van der Waals surface area (Å²) in [5.74, 6) is 1.81. The summed E-state index contributed by atoms with van der Waals surface area (Å²) in [4.78, 5) is 2.45. The first-order valence-corrected chi connectivity index (χ1v) is 7.78. The molecule has 2 aliphatic heterocycles. The summed E-state index contributed by atoms with van der Waals surface area (Å²) in [6, 6.07) is 4.54. The number of hydrogen-bond donors (Lipinski definition) is 0. The predicted molar refractivity (Wildman–Crippen MR) is 81.1 cm³/mol. The highest BCUT2D eigenvalue weighted by atomic mass is 16.5. The van der Waals surface area contributed by atoms with E-state index < -0.39 is 0 Å². The number of hydrogen-bond acceptors (Lipinski definition) is 2. The van der Waals surface area contributed by atoms with Gasteiger partial charge in [0.1, 0.15) is 11.9 Å². The van der Waals surface area contributed by atoms with Crippen LogP contribution in [0.5, 0.6) is 5.75 Å². The highest BCUT2D eigenvalue weighted by Crippen LogP contribution is 2.54. The molecule has 0 saturated carbocycles. The molecule has 3 atom stereocenters. The fraction of sp³-hybridized carbons (Fsp3) is 0.556. The van der Waals surface area contributed by atoms with Gasteiger partial charge < -0.3 is 9.64 Å². The molecule has 0 fully saturated rings. The molecule has 0 bridgehead atoms. The molecule has 2 nitrogen and oxygen atoms in total. The predicted octanol–water partition coefficient (Wildman–Crippen LogP) is 3.43. The maximum atomic E-state index is 6.45. The molecule has 1 aromatic carbocycles. The molecule has 20 heavy (non-hydrogen) atoms. The van der Waals surface area contributed by atoms with Crippen molar-refractivity contribution >= 4 is 0 Å². The van der Waals surface area contributed by atoms with Crippen LogP contribution in [0.3, 0.4) is 0 Å². The second-order valence-corrected chi connectivity index (χ2v) is 6.95. The summed E-state index contributed by atoms with van der Waals surface area (Å²) >= 11 is 0. The van der Waals surface area contributed by atoms with Crippen LogP contribution in [-0.4, -0.2) is 24.6 Å². The molecule has 0 aromatic heterocycles. The molecule has 0 N–H and O–H groups in total. The third-order valence-corrected chi connectivity index (χ3v) is 5.40. The van der Waals surface area contributed by atoms with Crippen molar-refractivity contribution in [1.82, 2.24) is 4.90 Å². The highest BCUT2D eigenvalue weighted by molar-refractivity contribution is 5.57. The zero-order valence-corrected chi connectivity index (χ0v) is 12.6. The van der Waals surface area contributed by atoms with E-state index in [9.17, 15) is 0 Å². The maximum Gasteiger partial charge on any atom is 0.127 e. The Morgan fingerprint density at radius 2 is 2.20 bits per heavy atom. The second kappa shape index (κ2) is 4.11. The molecule has 1 spiro atoms. The maximum absolute atomic E-state index is 6.45. The summed E-state index contributed by atoms with van der Waals surface area (Å²) in [6.45, 7) is 6.67. The lowest BCUT2D eigenvalue weighted by molar-refractivity contribution is 0.129. The van der Waals surface area contributed by atoms with Gasteiger partial charge in [-0.3, -0.25) is 0 Å². The largest absolute Gasteiger partial charge is 0.489 e. The van der Waals surface area contributed by atoms with Gasteiger partial charge in [0.05, 0.1) is 5.41 Å². The van der Waals surface area contributed by atoms with Gasteiger partial charge in [0.15, 0.2) is 0 Å². The summed E-state index contributed by atoms with van der Waals surface area (Å²) in [6.07, 6.45) is 7.55. The van der Waals surface area contributed by atoms with Gasteiger partial charge in [0.25, 0.3) is 0 Å². The fourth-order valence-corrected chi connectivity index (χ4v) is 4.25. The van der Waals surface area contributed by atoms with Gasteiger partial charge in [-0.2, -0.15) is 0 Å². The number of rotatable bonds is 0. The average molecular weight is 269 g/mol. The molecule has 0 radical (unpaired) electrons. The van der Waals surface area contributed by atoms with Crippen molar-refractivity contribution in [3.05, 3.63) is 41.0 Å². The van der Waals surface area contributed by atoms with E-state index in [0.717, 1.165) is 19.5 Å². The minimum absolute atomic E-state index is 0.133. The van der Waals surface area contributed by atoms with E-state index in [1.807, 2.05) is 0 Å². The number of ether oxygens (including phenoxy) is 1. The van der Waals surface area contributed by atoms with Gasteiger partial charge >= 0.3 is 0 Å². The van der Waals surface area contributed by atoms with E-state index in [0.29, 0.717) is 12.0 Å². The monoisotopic (exact) mass is 269 g/mol. The summed E-state index contributed by atoms with van der Waals surface area (Å²) < 4.78 is 6.45. The molecular weight excluding hydrogens is 246 g/mol. The van der Waals surface area contributed by atoms with Crippen molar-refractivity contribution in [3.8, 4) is 5.75 Å². The molecular formula is C18H23NO. The normalized spacial score (nSPS) is 35.1. The molecule has 3 unspecified atom stereocenters. The molecule has 3 aliphatic rings. The van der Waals surface area contributed by atoms with Crippen LogP contribution in [0.15, 0.2) is 24.3 Å². The van der Waals surface area contributed by atoms with E-state index in [-0.39, 0.29) is 5.41 Å².